The van der Waals surface area contributed by atoms with Crippen molar-refractivity contribution in [2.24, 2.45) is 22.7 Å². The fraction of sp³-hybridized carbons (Fsp3) is 0.842. The minimum absolute atomic E-state index is 0.0829. The van der Waals surface area contributed by atoms with Gasteiger partial charge in [0.2, 0.25) is 5.91 Å². The number of carbonyl (C=O) groups excluding carboxylic acids is 3. The Morgan fingerprint density at radius 2 is 1.65 bits per heavy atom. The summed E-state index contributed by atoms with van der Waals surface area (Å²) in [6, 6.07) is -2.20. The van der Waals surface area contributed by atoms with Gasteiger partial charge in [0.1, 0.15) is 6.04 Å². The molecular formula is C19H32N3O4-. The van der Waals surface area contributed by atoms with Crippen molar-refractivity contribution in [1.29, 1.82) is 0 Å². The van der Waals surface area contributed by atoms with Gasteiger partial charge in [0.05, 0.1) is 12.0 Å². The number of carboxylic acid groups (broad SMARTS) is 1. The topological polar surface area (TPSA) is 102 Å². The number of nitrogens with one attached hydrogen (secondary N) is 2. The maximum atomic E-state index is 13.2. The minimum atomic E-state index is -1.22. The van der Waals surface area contributed by atoms with Gasteiger partial charge in [-0.25, -0.2) is 4.79 Å². The van der Waals surface area contributed by atoms with Gasteiger partial charge in [-0.2, -0.15) is 0 Å². The molecule has 1 aliphatic heterocycles. The molecule has 1 saturated heterocycles. The number of fused-ring (bicyclic) bond motifs is 1. The second-order valence-electron chi connectivity index (χ2n) is 10.4. The zero-order valence-electron chi connectivity index (χ0n) is 17.1. The Kier molecular flexibility index (Phi) is 4.84. The van der Waals surface area contributed by atoms with E-state index in [2.05, 4.69) is 10.6 Å². The van der Waals surface area contributed by atoms with Crippen LogP contribution in [0.4, 0.5) is 4.79 Å². The van der Waals surface area contributed by atoms with Crippen LogP contribution in [0.1, 0.15) is 55.4 Å². The average molecular weight is 366 g/mol. The summed E-state index contributed by atoms with van der Waals surface area (Å²) in [6.07, 6.45) is 0. The SMILES string of the molecule is CC(C)(C)NC(=O)N[C@H](C(=O)N1C[C@H]2[C@@H]([C@H]1C(=O)[O-])C2(C)C)C(C)(C)C. The number of aliphatic carboxylic acids is 1. The summed E-state index contributed by atoms with van der Waals surface area (Å²) in [7, 11) is 0. The molecule has 3 amide bonds. The minimum Gasteiger partial charge on any atom is -0.548 e. The summed E-state index contributed by atoms with van der Waals surface area (Å²) in [5, 5.41) is 17.2. The summed E-state index contributed by atoms with van der Waals surface area (Å²) in [5.41, 5.74) is -1.09. The zero-order chi connectivity index (χ0) is 20.2. The summed E-state index contributed by atoms with van der Waals surface area (Å²) in [4.78, 5) is 38.6. The van der Waals surface area contributed by atoms with Crippen molar-refractivity contribution >= 4 is 17.9 Å². The Morgan fingerprint density at radius 1 is 1.12 bits per heavy atom. The zero-order valence-corrected chi connectivity index (χ0v) is 17.1. The van der Waals surface area contributed by atoms with E-state index >= 15 is 0 Å². The van der Waals surface area contributed by atoms with Crippen molar-refractivity contribution in [2.45, 2.75) is 73.0 Å². The molecule has 2 rings (SSSR count). The number of hydrogen-bond acceptors (Lipinski definition) is 4. The molecule has 0 aromatic heterocycles. The quantitative estimate of drug-likeness (QED) is 0.769. The molecule has 2 aliphatic rings. The highest BCUT2D eigenvalue weighted by atomic mass is 16.4. The van der Waals surface area contributed by atoms with E-state index in [9.17, 15) is 19.5 Å². The fourth-order valence-electron chi connectivity index (χ4n) is 4.10. The molecule has 148 valence electrons. The number of amides is 3. The van der Waals surface area contributed by atoms with Gasteiger partial charge in [0.25, 0.3) is 0 Å². The summed E-state index contributed by atoms with van der Waals surface area (Å²) >= 11 is 0. The highest BCUT2D eigenvalue weighted by molar-refractivity contribution is 5.91. The van der Waals surface area contributed by atoms with Gasteiger partial charge in [-0.1, -0.05) is 34.6 Å². The molecule has 1 heterocycles. The van der Waals surface area contributed by atoms with Crippen molar-refractivity contribution in [1.82, 2.24) is 15.5 Å². The van der Waals surface area contributed by atoms with E-state index in [1.54, 1.807) is 0 Å². The smallest absolute Gasteiger partial charge is 0.315 e. The molecule has 0 spiro atoms. The van der Waals surface area contributed by atoms with Crippen LogP contribution in [-0.4, -0.2) is 47.0 Å². The fourth-order valence-corrected chi connectivity index (χ4v) is 4.10. The van der Waals surface area contributed by atoms with E-state index in [0.717, 1.165) is 0 Å². The third-order valence-electron chi connectivity index (χ3n) is 5.61. The molecule has 1 saturated carbocycles. The normalized spacial score (nSPS) is 28.2. The summed E-state index contributed by atoms with van der Waals surface area (Å²) in [6.45, 7) is 15.5. The lowest BCUT2D eigenvalue weighted by molar-refractivity contribution is -0.311. The first-order valence-corrected chi connectivity index (χ1v) is 9.17. The van der Waals surface area contributed by atoms with E-state index in [1.165, 1.54) is 4.90 Å². The number of carboxylic acids is 1. The van der Waals surface area contributed by atoms with Crippen LogP contribution in [0, 0.1) is 22.7 Å². The number of piperidine rings is 1. The first-order valence-electron chi connectivity index (χ1n) is 9.17. The van der Waals surface area contributed by atoms with Crippen LogP contribution in [0.3, 0.4) is 0 Å². The van der Waals surface area contributed by atoms with Gasteiger partial charge < -0.3 is 25.4 Å². The van der Waals surface area contributed by atoms with Gasteiger partial charge in [0.15, 0.2) is 0 Å². The van der Waals surface area contributed by atoms with Crippen LogP contribution < -0.4 is 15.7 Å². The van der Waals surface area contributed by atoms with Crippen LogP contribution in [0.5, 0.6) is 0 Å². The van der Waals surface area contributed by atoms with Gasteiger partial charge in [-0.15, -0.1) is 0 Å². The molecule has 0 aromatic carbocycles. The lowest BCUT2D eigenvalue weighted by atomic mass is 9.85. The average Bonchev–Trinajstić information content (AvgIpc) is 2.81. The van der Waals surface area contributed by atoms with Crippen molar-refractivity contribution in [3.05, 3.63) is 0 Å². The van der Waals surface area contributed by atoms with Gasteiger partial charge in [0, 0.05) is 12.1 Å². The van der Waals surface area contributed by atoms with Gasteiger partial charge >= 0.3 is 6.03 Å². The van der Waals surface area contributed by atoms with E-state index < -0.39 is 35.0 Å². The monoisotopic (exact) mass is 366 g/mol. The van der Waals surface area contributed by atoms with Crippen molar-refractivity contribution in [3.63, 3.8) is 0 Å². The summed E-state index contributed by atoms with van der Waals surface area (Å²) in [5.74, 6) is -1.50. The molecule has 0 aromatic rings. The number of nitrogens with zero attached hydrogens (tertiary/aromatic N) is 1. The molecule has 0 radical (unpaired) electrons. The lowest BCUT2D eigenvalue weighted by Crippen LogP contribution is -2.61. The number of urea groups is 1. The highest BCUT2D eigenvalue weighted by Crippen LogP contribution is 2.64. The second-order valence-corrected chi connectivity index (χ2v) is 10.4. The molecule has 0 bridgehead atoms. The molecule has 7 heteroatoms. The van der Waals surface area contributed by atoms with Crippen LogP contribution >= 0.6 is 0 Å². The van der Waals surface area contributed by atoms with Gasteiger partial charge in [-0.05, 0) is 43.4 Å². The maximum Gasteiger partial charge on any atom is 0.315 e. The standard InChI is InChI=1S/C19H33N3O4/c1-17(2,3)13(20-16(26)21-18(4,5)6)14(23)22-9-10-11(19(10,7)8)12(22)15(24)25/h10-13H,9H2,1-8H3,(H,24,25)(H2,20,21,26)/p-1/t10-,11-,12-,13+/m0/s1. The van der Waals surface area contributed by atoms with Crippen LogP contribution in [-0.2, 0) is 9.59 Å². The lowest BCUT2D eigenvalue weighted by Gasteiger charge is -2.38. The Balaban J connectivity index is 2.20. The Morgan fingerprint density at radius 3 is 2.08 bits per heavy atom. The van der Waals surface area contributed by atoms with Gasteiger partial charge in [-0.3, -0.25) is 4.79 Å². The highest BCUT2D eigenvalue weighted by Gasteiger charge is 2.68. The van der Waals surface area contributed by atoms with Crippen molar-refractivity contribution < 1.29 is 19.5 Å². The molecule has 26 heavy (non-hydrogen) atoms. The van der Waals surface area contributed by atoms with E-state index in [0.29, 0.717) is 6.54 Å². The Hall–Kier alpha value is -1.79. The molecule has 4 atom stereocenters. The third-order valence-corrected chi connectivity index (χ3v) is 5.61. The first-order chi connectivity index (χ1) is 11.6. The number of rotatable bonds is 3. The predicted molar refractivity (Wildman–Crippen MR) is 95.9 cm³/mol. The molecule has 1 aliphatic carbocycles. The van der Waals surface area contributed by atoms with Crippen LogP contribution in [0.2, 0.25) is 0 Å². The Labute approximate surface area is 155 Å². The van der Waals surface area contributed by atoms with E-state index in [-0.39, 0.29) is 23.2 Å². The van der Waals surface area contributed by atoms with E-state index in [1.807, 2.05) is 55.4 Å². The largest absolute Gasteiger partial charge is 0.548 e. The number of likely N-dealkylation sites (tertiary alicyclic amines) is 1. The molecule has 2 fully saturated rings. The third kappa shape index (κ3) is 3.81. The maximum absolute atomic E-state index is 13.2. The predicted octanol–water partition coefficient (Wildman–Crippen LogP) is 0.732. The van der Waals surface area contributed by atoms with Crippen LogP contribution in [0.25, 0.3) is 0 Å². The van der Waals surface area contributed by atoms with Crippen molar-refractivity contribution in [2.75, 3.05) is 6.54 Å². The first kappa shape index (κ1) is 20.5. The molecule has 7 nitrogen and oxygen atoms in total. The molecule has 2 N–H and O–H groups in total. The number of hydrogen-bond donors (Lipinski definition) is 2. The van der Waals surface area contributed by atoms with Crippen LogP contribution in [0.15, 0.2) is 0 Å². The van der Waals surface area contributed by atoms with Crippen molar-refractivity contribution in [3.8, 4) is 0 Å². The number of carbonyl (C=O) groups is 3. The molecule has 0 unspecified atom stereocenters. The second kappa shape index (κ2) is 6.13. The Bertz CT molecular complexity index is 615. The summed E-state index contributed by atoms with van der Waals surface area (Å²) < 4.78 is 0. The molecular weight excluding hydrogens is 334 g/mol. The van der Waals surface area contributed by atoms with E-state index in [4.69, 9.17) is 0 Å².